The number of hydrogen-bond donors (Lipinski definition) is 1. The molecule has 3 rings (SSSR count). The number of amides is 1. The van der Waals surface area contributed by atoms with Crippen molar-refractivity contribution in [1.82, 2.24) is 0 Å². The summed E-state index contributed by atoms with van der Waals surface area (Å²) in [7, 11) is 0. The van der Waals surface area contributed by atoms with Crippen LogP contribution in [0.25, 0.3) is 0 Å². The van der Waals surface area contributed by atoms with Crippen molar-refractivity contribution in [3.05, 3.63) is 88.4 Å². The van der Waals surface area contributed by atoms with E-state index in [2.05, 4.69) is 17.4 Å². The topological polar surface area (TPSA) is 38.3 Å². The van der Waals surface area contributed by atoms with Crippen molar-refractivity contribution in [3.63, 3.8) is 0 Å². The molecular formula is C21H17Cl2NO2S. The fraction of sp³-hybridized carbons (Fsp3) is 0.0952. The Bertz CT molecular complexity index is 902. The van der Waals surface area contributed by atoms with Crippen LogP contribution in [0.2, 0.25) is 10.0 Å². The van der Waals surface area contributed by atoms with Crippen LogP contribution in [0.3, 0.4) is 0 Å². The highest BCUT2D eigenvalue weighted by Gasteiger charge is 2.08. The minimum Gasteiger partial charge on any atom is -0.493 e. The molecule has 0 aliphatic rings. The van der Waals surface area contributed by atoms with Crippen LogP contribution in [0.5, 0.6) is 5.75 Å². The molecule has 0 saturated carbocycles. The van der Waals surface area contributed by atoms with Crippen LogP contribution in [0.15, 0.2) is 77.7 Å². The lowest BCUT2D eigenvalue weighted by Gasteiger charge is -2.09. The second-order valence-electron chi connectivity index (χ2n) is 5.62. The highest BCUT2D eigenvalue weighted by Crippen LogP contribution is 2.25. The Balaban J connectivity index is 1.49. The molecular weight excluding hydrogens is 401 g/mol. The first-order valence-electron chi connectivity index (χ1n) is 8.29. The zero-order valence-electron chi connectivity index (χ0n) is 14.3. The Kier molecular flexibility index (Phi) is 7.04. The fourth-order valence-electron chi connectivity index (χ4n) is 2.32. The number of benzene rings is 3. The number of carbonyl (C=O) groups excluding carboxylic acids is 1. The van der Waals surface area contributed by atoms with Gasteiger partial charge in [0.25, 0.3) is 5.91 Å². The molecule has 6 heteroatoms. The average molecular weight is 418 g/mol. The van der Waals surface area contributed by atoms with Gasteiger partial charge in [0.2, 0.25) is 0 Å². The molecule has 0 aliphatic carbocycles. The van der Waals surface area contributed by atoms with Crippen LogP contribution in [-0.2, 0) is 0 Å². The first-order valence-corrected chi connectivity index (χ1v) is 10.0. The predicted octanol–water partition coefficient (Wildman–Crippen LogP) is 6.42. The molecule has 0 heterocycles. The van der Waals surface area contributed by atoms with Crippen molar-refractivity contribution in [1.29, 1.82) is 0 Å². The quantitative estimate of drug-likeness (QED) is 0.356. The van der Waals surface area contributed by atoms with Gasteiger partial charge >= 0.3 is 0 Å². The summed E-state index contributed by atoms with van der Waals surface area (Å²) in [6.45, 7) is 0.592. The zero-order valence-corrected chi connectivity index (χ0v) is 16.7. The van der Waals surface area contributed by atoms with Crippen molar-refractivity contribution in [3.8, 4) is 5.75 Å². The molecule has 138 valence electrons. The second-order valence-corrected chi connectivity index (χ2v) is 7.60. The minimum atomic E-state index is -0.223. The number of anilines is 1. The largest absolute Gasteiger partial charge is 0.493 e. The van der Waals surface area contributed by atoms with Gasteiger partial charge in [-0.15, -0.1) is 11.8 Å². The van der Waals surface area contributed by atoms with Crippen LogP contribution >= 0.6 is 35.0 Å². The zero-order chi connectivity index (χ0) is 19.1. The van der Waals surface area contributed by atoms with E-state index in [-0.39, 0.29) is 5.91 Å². The van der Waals surface area contributed by atoms with Gasteiger partial charge in [-0.2, -0.15) is 0 Å². The number of carbonyl (C=O) groups is 1. The molecule has 3 aromatic rings. The van der Waals surface area contributed by atoms with E-state index in [4.69, 9.17) is 27.9 Å². The number of rotatable bonds is 7. The van der Waals surface area contributed by atoms with Crippen LogP contribution < -0.4 is 10.1 Å². The third kappa shape index (κ3) is 5.93. The number of nitrogens with one attached hydrogen (secondary N) is 1. The van der Waals surface area contributed by atoms with E-state index in [0.717, 1.165) is 11.5 Å². The van der Waals surface area contributed by atoms with E-state index in [1.165, 1.54) is 4.90 Å². The summed E-state index contributed by atoms with van der Waals surface area (Å²) in [6.07, 6.45) is 0. The molecule has 0 unspecified atom stereocenters. The van der Waals surface area contributed by atoms with Gasteiger partial charge in [-0.1, -0.05) is 41.4 Å². The van der Waals surface area contributed by atoms with Gasteiger partial charge in [-0.3, -0.25) is 4.79 Å². The lowest BCUT2D eigenvalue weighted by molar-refractivity contribution is 0.102. The lowest BCUT2D eigenvalue weighted by Crippen LogP contribution is -2.11. The van der Waals surface area contributed by atoms with Gasteiger partial charge in [0.1, 0.15) is 5.75 Å². The standard InChI is InChI=1S/C21H17Cl2NO2S/c22-19-11-8-16(14-20(19)23)24-21(25)15-6-9-17(10-7-15)26-12-13-27-18-4-2-1-3-5-18/h1-11,14H,12-13H2,(H,24,25). The van der Waals surface area contributed by atoms with E-state index in [0.29, 0.717) is 27.9 Å². The van der Waals surface area contributed by atoms with Gasteiger partial charge in [0.15, 0.2) is 0 Å². The van der Waals surface area contributed by atoms with E-state index < -0.39 is 0 Å². The maximum Gasteiger partial charge on any atom is 0.255 e. The van der Waals surface area contributed by atoms with E-state index in [1.54, 1.807) is 54.2 Å². The molecule has 3 aromatic carbocycles. The molecule has 0 spiro atoms. The normalized spacial score (nSPS) is 10.4. The van der Waals surface area contributed by atoms with Gasteiger partial charge in [-0.25, -0.2) is 0 Å². The molecule has 1 N–H and O–H groups in total. The van der Waals surface area contributed by atoms with E-state index in [1.807, 2.05) is 18.2 Å². The average Bonchev–Trinajstić information content (AvgIpc) is 2.69. The molecule has 0 aromatic heterocycles. The highest BCUT2D eigenvalue weighted by atomic mass is 35.5. The minimum absolute atomic E-state index is 0.223. The SMILES string of the molecule is O=C(Nc1ccc(Cl)c(Cl)c1)c1ccc(OCCSc2ccccc2)cc1. The van der Waals surface area contributed by atoms with Crippen molar-refractivity contribution in [2.45, 2.75) is 4.90 Å². The summed E-state index contributed by atoms with van der Waals surface area (Å²) >= 11 is 13.6. The van der Waals surface area contributed by atoms with Crippen molar-refractivity contribution < 1.29 is 9.53 Å². The van der Waals surface area contributed by atoms with E-state index in [9.17, 15) is 4.79 Å². The Morgan fingerprint density at radius 1 is 0.926 bits per heavy atom. The van der Waals surface area contributed by atoms with Crippen LogP contribution in [-0.4, -0.2) is 18.3 Å². The maximum atomic E-state index is 12.3. The Labute approximate surface area is 172 Å². The third-order valence-electron chi connectivity index (χ3n) is 3.66. The number of thioether (sulfide) groups is 1. The number of halogens is 2. The van der Waals surface area contributed by atoms with Crippen molar-refractivity contribution in [2.24, 2.45) is 0 Å². The number of ether oxygens (including phenoxy) is 1. The monoisotopic (exact) mass is 417 g/mol. The summed E-state index contributed by atoms with van der Waals surface area (Å²) in [6, 6.07) is 22.2. The van der Waals surface area contributed by atoms with Gasteiger partial charge < -0.3 is 10.1 Å². The van der Waals surface area contributed by atoms with Crippen LogP contribution in [0.4, 0.5) is 5.69 Å². The molecule has 3 nitrogen and oxygen atoms in total. The Hall–Kier alpha value is -2.14. The lowest BCUT2D eigenvalue weighted by atomic mass is 10.2. The molecule has 0 atom stereocenters. The summed E-state index contributed by atoms with van der Waals surface area (Å²) in [4.78, 5) is 13.5. The first kappa shape index (κ1) is 19.6. The molecule has 0 fully saturated rings. The molecule has 0 radical (unpaired) electrons. The number of hydrogen-bond acceptors (Lipinski definition) is 3. The summed E-state index contributed by atoms with van der Waals surface area (Å²) in [5.74, 6) is 1.36. The smallest absolute Gasteiger partial charge is 0.255 e. The van der Waals surface area contributed by atoms with Gasteiger partial charge in [0.05, 0.1) is 16.7 Å². The third-order valence-corrected chi connectivity index (χ3v) is 5.37. The van der Waals surface area contributed by atoms with Crippen molar-refractivity contribution in [2.75, 3.05) is 17.7 Å². The second kappa shape index (κ2) is 9.70. The summed E-state index contributed by atoms with van der Waals surface area (Å²) < 4.78 is 5.72. The van der Waals surface area contributed by atoms with Gasteiger partial charge in [-0.05, 0) is 54.6 Å². The van der Waals surface area contributed by atoms with Crippen LogP contribution in [0.1, 0.15) is 10.4 Å². The predicted molar refractivity (Wildman–Crippen MR) is 114 cm³/mol. The van der Waals surface area contributed by atoms with E-state index >= 15 is 0 Å². The Morgan fingerprint density at radius 2 is 1.67 bits per heavy atom. The van der Waals surface area contributed by atoms with Gasteiger partial charge in [0, 0.05) is 21.9 Å². The van der Waals surface area contributed by atoms with Crippen molar-refractivity contribution >= 4 is 46.6 Å². The molecule has 0 saturated heterocycles. The Morgan fingerprint density at radius 3 is 2.37 bits per heavy atom. The fourth-order valence-corrected chi connectivity index (χ4v) is 3.37. The highest BCUT2D eigenvalue weighted by molar-refractivity contribution is 7.99. The maximum absolute atomic E-state index is 12.3. The summed E-state index contributed by atoms with van der Waals surface area (Å²) in [5.41, 5.74) is 1.12. The molecule has 0 aliphatic heterocycles. The molecule has 27 heavy (non-hydrogen) atoms. The molecule has 0 bridgehead atoms. The van der Waals surface area contributed by atoms with Crippen LogP contribution in [0, 0.1) is 0 Å². The molecule has 1 amide bonds. The summed E-state index contributed by atoms with van der Waals surface area (Å²) in [5, 5.41) is 3.63. The first-order chi connectivity index (χ1) is 13.1.